The fourth-order valence-corrected chi connectivity index (χ4v) is 2.82. The monoisotopic (exact) mass is 226 g/mol. The Bertz CT molecular complexity index is 218. The van der Waals surface area contributed by atoms with Crippen molar-refractivity contribution in [2.45, 2.75) is 45.1 Å². The summed E-state index contributed by atoms with van der Waals surface area (Å²) in [6.45, 7) is 9.96. The van der Waals surface area contributed by atoms with Crippen LogP contribution < -0.4 is 10.6 Å². The molecule has 3 heteroatoms. The first kappa shape index (κ1) is 12.3. The molecule has 2 N–H and O–H groups in total. The van der Waals surface area contributed by atoms with E-state index < -0.39 is 0 Å². The average Bonchev–Trinajstić information content (AvgIpc) is 2.76. The van der Waals surface area contributed by atoms with Gasteiger partial charge < -0.3 is 15.4 Å². The zero-order valence-electron chi connectivity index (χ0n) is 10.8. The maximum absolute atomic E-state index is 5.49. The summed E-state index contributed by atoms with van der Waals surface area (Å²) in [5, 5.41) is 7.23. The van der Waals surface area contributed by atoms with E-state index in [1.165, 1.54) is 32.4 Å². The van der Waals surface area contributed by atoms with Crippen molar-refractivity contribution in [1.82, 2.24) is 10.6 Å². The van der Waals surface area contributed by atoms with Gasteiger partial charge in [-0.05, 0) is 51.1 Å². The van der Waals surface area contributed by atoms with Gasteiger partial charge in [-0.2, -0.15) is 0 Å². The summed E-state index contributed by atoms with van der Waals surface area (Å²) in [5.41, 5.74) is 0.754. The van der Waals surface area contributed by atoms with Crippen molar-refractivity contribution in [2.24, 2.45) is 5.41 Å². The van der Waals surface area contributed by atoms with Gasteiger partial charge in [0.05, 0.1) is 6.61 Å². The van der Waals surface area contributed by atoms with Crippen LogP contribution in [-0.4, -0.2) is 38.4 Å². The van der Waals surface area contributed by atoms with Crippen molar-refractivity contribution >= 4 is 0 Å². The highest BCUT2D eigenvalue weighted by Crippen LogP contribution is 2.32. The Morgan fingerprint density at radius 2 is 2.00 bits per heavy atom. The first-order chi connectivity index (χ1) is 7.68. The molecule has 0 radical (unpaired) electrons. The van der Waals surface area contributed by atoms with E-state index in [2.05, 4.69) is 24.5 Å². The van der Waals surface area contributed by atoms with Crippen LogP contribution in [0, 0.1) is 5.41 Å². The number of hydrogen-bond acceptors (Lipinski definition) is 3. The summed E-state index contributed by atoms with van der Waals surface area (Å²) in [4.78, 5) is 0. The van der Waals surface area contributed by atoms with Crippen LogP contribution in [0.1, 0.15) is 39.5 Å². The van der Waals surface area contributed by atoms with Crippen LogP contribution in [0.3, 0.4) is 0 Å². The second kappa shape index (κ2) is 5.03. The first-order valence-corrected chi connectivity index (χ1v) is 6.72. The molecule has 1 unspecified atom stereocenters. The van der Waals surface area contributed by atoms with Crippen molar-refractivity contribution in [2.75, 3.05) is 32.8 Å². The van der Waals surface area contributed by atoms with Gasteiger partial charge >= 0.3 is 0 Å². The molecule has 0 saturated carbocycles. The predicted octanol–water partition coefficient (Wildman–Crippen LogP) is 1.53. The minimum atomic E-state index is 0.229. The minimum Gasteiger partial charge on any atom is -0.379 e. The van der Waals surface area contributed by atoms with E-state index in [0.29, 0.717) is 5.41 Å². The van der Waals surface area contributed by atoms with Gasteiger partial charge in [-0.3, -0.25) is 0 Å². The van der Waals surface area contributed by atoms with Gasteiger partial charge in [0.1, 0.15) is 0 Å². The molecule has 3 nitrogen and oxygen atoms in total. The van der Waals surface area contributed by atoms with Gasteiger partial charge in [0.15, 0.2) is 0 Å². The van der Waals surface area contributed by atoms with Gasteiger partial charge in [0, 0.05) is 18.7 Å². The lowest BCUT2D eigenvalue weighted by Crippen LogP contribution is -2.50. The Balaban J connectivity index is 1.86. The second-order valence-electron chi connectivity index (χ2n) is 5.82. The Hall–Kier alpha value is -0.120. The summed E-state index contributed by atoms with van der Waals surface area (Å²) in [5.74, 6) is 0. The maximum atomic E-state index is 5.49. The second-order valence-corrected chi connectivity index (χ2v) is 5.82. The van der Waals surface area contributed by atoms with Crippen LogP contribution >= 0.6 is 0 Å². The molecule has 0 spiro atoms. The third kappa shape index (κ3) is 2.76. The van der Waals surface area contributed by atoms with E-state index in [4.69, 9.17) is 4.74 Å². The Labute approximate surface area is 99.3 Å². The largest absolute Gasteiger partial charge is 0.379 e. The quantitative estimate of drug-likeness (QED) is 0.763. The molecule has 16 heavy (non-hydrogen) atoms. The highest BCUT2D eigenvalue weighted by Gasteiger charge is 2.35. The number of rotatable bonds is 4. The van der Waals surface area contributed by atoms with Crippen molar-refractivity contribution in [3.8, 4) is 0 Å². The molecule has 0 bridgehead atoms. The Morgan fingerprint density at radius 1 is 1.25 bits per heavy atom. The maximum Gasteiger partial charge on any atom is 0.0646 e. The van der Waals surface area contributed by atoms with Crippen LogP contribution in [0.4, 0.5) is 0 Å². The summed E-state index contributed by atoms with van der Waals surface area (Å²) < 4.78 is 5.49. The van der Waals surface area contributed by atoms with Gasteiger partial charge in [-0.15, -0.1) is 0 Å². The number of piperidine rings is 1. The lowest BCUT2D eigenvalue weighted by molar-refractivity contribution is 0.141. The lowest BCUT2D eigenvalue weighted by atomic mass is 9.76. The van der Waals surface area contributed by atoms with Crippen molar-refractivity contribution in [3.05, 3.63) is 0 Å². The molecule has 2 rings (SSSR count). The molecule has 0 aromatic heterocycles. The van der Waals surface area contributed by atoms with Crippen LogP contribution in [0.15, 0.2) is 0 Å². The van der Waals surface area contributed by atoms with E-state index in [0.717, 1.165) is 26.2 Å². The third-order valence-electron chi connectivity index (χ3n) is 4.52. The van der Waals surface area contributed by atoms with E-state index in [1.54, 1.807) is 0 Å². The summed E-state index contributed by atoms with van der Waals surface area (Å²) in [7, 11) is 0. The Morgan fingerprint density at radius 3 is 2.56 bits per heavy atom. The molecular formula is C13H26N2O. The lowest BCUT2D eigenvalue weighted by Gasteiger charge is -2.39. The molecule has 2 fully saturated rings. The summed E-state index contributed by atoms with van der Waals surface area (Å²) in [6, 6.07) is 0. The molecule has 2 saturated heterocycles. The normalized spacial score (nSPS) is 34.1. The average molecular weight is 226 g/mol. The molecule has 2 aliphatic heterocycles. The minimum absolute atomic E-state index is 0.229. The van der Waals surface area contributed by atoms with Crippen molar-refractivity contribution in [1.29, 1.82) is 0 Å². The zero-order chi connectivity index (χ0) is 11.5. The van der Waals surface area contributed by atoms with Gasteiger partial charge in [-0.1, -0.05) is 6.92 Å². The van der Waals surface area contributed by atoms with E-state index in [9.17, 15) is 0 Å². The van der Waals surface area contributed by atoms with Crippen molar-refractivity contribution < 1.29 is 4.74 Å². The predicted molar refractivity (Wildman–Crippen MR) is 66.7 cm³/mol. The standard InChI is InChI=1S/C13H26N2O/c1-3-13(4-7-14-8-5-13)10-15-12(2)6-9-16-11-12/h14-15H,3-11H2,1-2H3. The topological polar surface area (TPSA) is 33.3 Å². The molecule has 2 aliphatic rings. The van der Waals surface area contributed by atoms with Crippen LogP contribution in [0.25, 0.3) is 0 Å². The fourth-order valence-electron chi connectivity index (χ4n) is 2.82. The van der Waals surface area contributed by atoms with Gasteiger partial charge in [0.25, 0.3) is 0 Å². The highest BCUT2D eigenvalue weighted by molar-refractivity contribution is 4.92. The molecular weight excluding hydrogens is 200 g/mol. The fraction of sp³-hybridized carbons (Fsp3) is 1.00. The number of nitrogens with one attached hydrogen (secondary N) is 2. The van der Waals surface area contributed by atoms with E-state index in [-0.39, 0.29) is 5.54 Å². The number of hydrogen-bond donors (Lipinski definition) is 2. The highest BCUT2D eigenvalue weighted by atomic mass is 16.5. The molecule has 0 amide bonds. The Kier molecular flexibility index (Phi) is 3.88. The van der Waals surface area contributed by atoms with Crippen LogP contribution in [0.2, 0.25) is 0 Å². The van der Waals surface area contributed by atoms with Gasteiger partial charge in [0.2, 0.25) is 0 Å². The molecule has 2 heterocycles. The van der Waals surface area contributed by atoms with Crippen LogP contribution in [-0.2, 0) is 4.74 Å². The zero-order valence-corrected chi connectivity index (χ0v) is 10.8. The first-order valence-electron chi connectivity index (χ1n) is 6.72. The summed E-state index contributed by atoms with van der Waals surface area (Å²) >= 11 is 0. The molecule has 94 valence electrons. The SMILES string of the molecule is CCC1(CNC2(C)CCOC2)CCNCC1. The molecule has 0 aromatic rings. The van der Waals surface area contributed by atoms with Gasteiger partial charge in [-0.25, -0.2) is 0 Å². The molecule has 0 aromatic carbocycles. The summed E-state index contributed by atoms with van der Waals surface area (Å²) in [6.07, 6.45) is 5.07. The smallest absolute Gasteiger partial charge is 0.0646 e. The van der Waals surface area contributed by atoms with Crippen molar-refractivity contribution in [3.63, 3.8) is 0 Å². The van der Waals surface area contributed by atoms with E-state index >= 15 is 0 Å². The third-order valence-corrected chi connectivity index (χ3v) is 4.52. The number of ether oxygens (including phenoxy) is 1. The van der Waals surface area contributed by atoms with Crippen LogP contribution in [0.5, 0.6) is 0 Å². The molecule has 1 atom stereocenters. The molecule has 0 aliphatic carbocycles. The van der Waals surface area contributed by atoms with E-state index in [1.807, 2.05) is 0 Å².